The first kappa shape index (κ1) is 18.9. The first-order chi connectivity index (χ1) is 13.9. The van der Waals surface area contributed by atoms with Gasteiger partial charge in [-0.05, 0) is 36.4 Å². The summed E-state index contributed by atoms with van der Waals surface area (Å²) >= 11 is 0. The van der Waals surface area contributed by atoms with Crippen LogP contribution >= 0.6 is 0 Å². The predicted octanol–water partition coefficient (Wildman–Crippen LogP) is 5.38. The third-order valence-electron chi connectivity index (χ3n) is 4.31. The summed E-state index contributed by atoms with van der Waals surface area (Å²) in [7, 11) is 0. The van der Waals surface area contributed by atoms with E-state index in [1.807, 2.05) is 0 Å². The van der Waals surface area contributed by atoms with Crippen LogP contribution in [0.15, 0.2) is 59.0 Å². The van der Waals surface area contributed by atoms with Gasteiger partial charge in [0.1, 0.15) is 5.76 Å². The van der Waals surface area contributed by atoms with Crippen molar-refractivity contribution in [3.05, 3.63) is 65.9 Å². The summed E-state index contributed by atoms with van der Waals surface area (Å²) in [5.41, 5.74) is -0.0738. The van der Waals surface area contributed by atoms with Crippen LogP contribution in [0.4, 0.5) is 18.9 Å². The third kappa shape index (κ3) is 4.21. The topological polar surface area (TPSA) is 60.7 Å². The molecule has 0 fully saturated rings. The van der Waals surface area contributed by atoms with E-state index in [1.165, 1.54) is 24.3 Å². The average Bonchev–Trinajstić information content (AvgIpc) is 3.08. The Morgan fingerprint density at radius 2 is 1.72 bits per heavy atom. The standard InChI is InChI=1S/C21H16F3NO4/c22-21(23,24)14-4-1-3-13(11-14)16-7-8-18(29-16)20(26)25-15-5-6-17-19(12-15)28-10-2-9-27-17/h1,3-8,11-12H,2,9-10H2,(H,25,26). The molecule has 1 aliphatic rings. The second-order valence-electron chi connectivity index (χ2n) is 6.41. The largest absolute Gasteiger partial charge is 0.490 e. The summed E-state index contributed by atoms with van der Waals surface area (Å²) in [6, 6.07) is 12.6. The van der Waals surface area contributed by atoms with Gasteiger partial charge < -0.3 is 19.2 Å². The van der Waals surface area contributed by atoms with Crippen molar-refractivity contribution in [1.82, 2.24) is 0 Å². The van der Waals surface area contributed by atoms with Crippen LogP contribution in [0, 0.1) is 0 Å². The molecule has 0 atom stereocenters. The van der Waals surface area contributed by atoms with Gasteiger partial charge in [-0.1, -0.05) is 12.1 Å². The lowest BCUT2D eigenvalue weighted by Gasteiger charge is -2.10. The van der Waals surface area contributed by atoms with E-state index in [2.05, 4.69) is 5.32 Å². The zero-order valence-corrected chi connectivity index (χ0v) is 15.1. The molecule has 0 saturated carbocycles. The van der Waals surface area contributed by atoms with Crippen molar-refractivity contribution in [2.75, 3.05) is 18.5 Å². The van der Waals surface area contributed by atoms with Gasteiger partial charge >= 0.3 is 6.18 Å². The Hall–Kier alpha value is -3.42. The van der Waals surface area contributed by atoms with Crippen molar-refractivity contribution in [2.24, 2.45) is 0 Å². The fraction of sp³-hybridized carbons (Fsp3) is 0.190. The van der Waals surface area contributed by atoms with Gasteiger partial charge in [-0.3, -0.25) is 4.79 Å². The van der Waals surface area contributed by atoms with Crippen LogP contribution in [0.25, 0.3) is 11.3 Å². The molecule has 4 rings (SSSR count). The minimum Gasteiger partial charge on any atom is -0.490 e. The summed E-state index contributed by atoms with van der Waals surface area (Å²) in [6.07, 6.45) is -3.69. The maximum atomic E-state index is 12.9. The number of alkyl halides is 3. The molecule has 1 aromatic heterocycles. The van der Waals surface area contributed by atoms with E-state index >= 15 is 0 Å². The Kier molecular flexibility index (Phi) is 4.92. The van der Waals surface area contributed by atoms with Gasteiger partial charge in [0.15, 0.2) is 17.3 Å². The van der Waals surface area contributed by atoms with Crippen molar-refractivity contribution in [2.45, 2.75) is 12.6 Å². The zero-order valence-electron chi connectivity index (χ0n) is 15.1. The van der Waals surface area contributed by atoms with Crippen LogP contribution in [0.2, 0.25) is 0 Å². The second kappa shape index (κ2) is 7.54. The molecule has 29 heavy (non-hydrogen) atoms. The van der Waals surface area contributed by atoms with Gasteiger partial charge in [-0.2, -0.15) is 13.2 Å². The molecule has 0 aliphatic carbocycles. The summed E-state index contributed by atoms with van der Waals surface area (Å²) in [6.45, 7) is 1.08. The van der Waals surface area contributed by atoms with Crippen molar-refractivity contribution < 1.29 is 31.9 Å². The molecule has 1 aliphatic heterocycles. The number of halogens is 3. The third-order valence-corrected chi connectivity index (χ3v) is 4.31. The van der Waals surface area contributed by atoms with Crippen LogP contribution in [0.3, 0.4) is 0 Å². The number of carbonyl (C=O) groups is 1. The van der Waals surface area contributed by atoms with Gasteiger partial charge in [0, 0.05) is 23.7 Å². The van der Waals surface area contributed by atoms with Gasteiger partial charge in [-0.15, -0.1) is 0 Å². The van der Waals surface area contributed by atoms with E-state index in [1.54, 1.807) is 18.2 Å². The maximum Gasteiger partial charge on any atom is 0.416 e. The van der Waals surface area contributed by atoms with Gasteiger partial charge in [0.05, 0.1) is 18.8 Å². The van der Waals surface area contributed by atoms with Crippen LogP contribution < -0.4 is 14.8 Å². The number of amides is 1. The maximum absolute atomic E-state index is 12.9. The normalized spacial score (nSPS) is 13.6. The zero-order chi connectivity index (χ0) is 20.4. The monoisotopic (exact) mass is 403 g/mol. The molecule has 1 amide bonds. The number of ether oxygens (including phenoxy) is 2. The number of rotatable bonds is 3. The van der Waals surface area contributed by atoms with E-state index in [9.17, 15) is 18.0 Å². The SMILES string of the molecule is O=C(Nc1ccc2c(c1)OCCCO2)c1ccc(-c2cccc(C(F)(F)F)c2)o1. The van der Waals surface area contributed by atoms with Crippen LogP contribution in [0.5, 0.6) is 11.5 Å². The van der Waals surface area contributed by atoms with Crippen LogP contribution in [-0.4, -0.2) is 19.1 Å². The number of benzene rings is 2. The fourth-order valence-corrected chi connectivity index (χ4v) is 2.90. The molecular weight excluding hydrogens is 387 g/mol. The quantitative estimate of drug-likeness (QED) is 0.638. The lowest BCUT2D eigenvalue weighted by molar-refractivity contribution is -0.137. The molecule has 0 unspecified atom stereocenters. The Balaban J connectivity index is 1.51. The molecule has 5 nitrogen and oxygen atoms in total. The van der Waals surface area contributed by atoms with Crippen LogP contribution in [-0.2, 0) is 6.18 Å². The molecule has 2 heterocycles. The molecule has 0 bridgehead atoms. The highest BCUT2D eigenvalue weighted by Crippen LogP contribution is 2.34. The van der Waals surface area contributed by atoms with Gasteiger partial charge in [-0.25, -0.2) is 0 Å². The number of carbonyl (C=O) groups excluding carboxylic acids is 1. The lowest BCUT2D eigenvalue weighted by Crippen LogP contribution is -2.11. The average molecular weight is 403 g/mol. The summed E-state index contributed by atoms with van der Waals surface area (Å²) in [5.74, 6) is 0.747. The Morgan fingerprint density at radius 1 is 0.931 bits per heavy atom. The first-order valence-electron chi connectivity index (χ1n) is 8.89. The molecule has 0 saturated heterocycles. The predicted molar refractivity (Wildman–Crippen MR) is 99.1 cm³/mol. The van der Waals surface area contributed by atoms with E-state index in [4.69, 9.17) is 13.9 Å². The Morgan fingerprint density at radius 3 is 2.52 bits per heavy atom. The molecule has 0 radical (unpaired) electrons. The van der Waals surface area contributed by atoms with Crippen molar-refractivity contribution in [3.63, 3.8) is 0 Å². The first-order valence-corrected chi connectivity index (χ1v) is 8.89. The van der Waals surface area contributed by atoms with E-state index in [0.717, 1.165) is 18.6 Å². The van der Waals surface area contributed by atoms with Gasteiger partial charge in [0.25, 0.3) is 5.91 Å². The lowest BCUT2D eigenvalue weighted by atomic mass is 10.1. The number of nitrogens with one attached hydrogen (secondary N) is 1. The smallest absolute Gasteiger partial charge is 0.416 e. The number of hydrogen-bond acceptors (Lipinski definition) is 4. The molecular formula is C21H16F3NO4. The van der Waals surface area contributed by atoms with Crippen molar-refractivity contribution in [1.29, 1.82) is 0 Å². The summed E-state index contributed by atoms with van der Waals surface area (Å²) in [4.78, 5) is 12.5. The molecule has 1 N–H and O–H groups in total. The second-order valence-corrected chi connectivity index (χ2v) is 6.41. The van der Waals surface area contributed by atoms with Gasteiger partial charge in [0.2, 0.25) is 0 Å². The summed E-state index contributed by atoms with van der Waals surface area (Å²) < 4.78 is 55.3. The molecule has 8 heteroatoms. The minimum atomic E-state index is -4.46. The van der Waals surface area contributed by atoms with Crippen molar-refractivity contribution in [3.8, 4) is 22.8 Å². The highest BCUT2D eigenvalue weighted by Gasteiger charge is 2.30. The van der Waals surface area contributed by atoms with E-state index < -0.39 is 17.6 Å². The molecule has 150 valence electrons. The summed E-state index contributed by atoms with van der Waals surface area (Å²) in [5, 5.41) is 2.68. The molecule has 2 aromatic carbocycles. The number of fused-ring (bicyclic) bond motifs is 1. The van der Waals surface area contributed by atoms with E-state index in [0.29, 0.717) is 30.4 Å². The number of anilines is 1. The highest BCUT2D eigenvalue weighted by atomic mass is 19.4. The van der Waals surface area contributed by atoms with E-state index in [-0.39, 0.29) is 17.1 Å². The highest BCUT2D eigenvalue weighted by molar-refractivity contribution is 6.02. The Labute approximate surface area is 164 Å². The minimum absolute atomic E-state index is 0.0236. The molecule has 0 spiro atoms. The van der Waals surface area contributed by atoms with Crippen molar-refractivity contribution >= 4 is 11.6 Å². The number of furan rings is 1. The Bertz CT molecular complexity index is 1040. The number of hydrogen-bond donors (Lipinski definition) is 1. The van der Waals surface area contributed by atoms with Crippen LogP contribution in [0.1, 0.15) is 22.5 Å². The molecule has 3 aromatic rings. The fourth-order valence-electron chi connectivity index (χ4n) is 2.90.